The maximum Gasteiger partial charge on any atom is 0.0218 e. The first-order chi connectivity index (χ1) is 6.84. The summed E-state index contributed by atoms with van der Waals surface area (Å²) in [5.41, 5.74) is 6.18. The van der Waals surface area contributed by atoms with Gasteiger partial charge in [-0.2, -0.15) is 0 Å². The zero-order valence-electron chi connectivity index (χ0n) is 11.5. The second-order valence-corrected chi connectivity index (χ2v) is 5.74. The average molecular weight is 214 g/mol. The molecule has 0 heterocycles. The summed E-state index contributed by atoms with van der Waals surface area (Å²) >= 11 is 0. The van der Waals surface area contributed by atoms with Crippen LogP contribution in [0.15, 0.2) is 0 Å². The lowest BCUT2D eigenvalue weighted by Gasteiger charge is -2.40. The predicted molar refractivity (Wildman–Crippen MR) is 69.0 cm³/mol. The number of unbranched alkanes of at least 4 members (excludes halogenated alkanes) is 1. The molecule has 92 valence electrons. The first-order valence-corrected chi connectivity index (χ1v) is 6.26. The Balaban J connectivity index is 4.30. The first kappa shape index (κ1) is 14.9. The molecule has 15 heavy (non-hydrogen) atoms. The predicted octanol–water partition coefficient (Wildman–Crippen LogP) is 2.87. The number of likely N-dealkylation sites (N-methyl/N-ethyl adjacent to an activating group) is 1. The van der Waals surface area contributed by atoms with Crippen LogP contribution in [0, 0.1) is 5.41 Å². The van der Waals surface area contributed by atoms with Crippen molar-refractivity contribution < 1.29 is 0 Å². The smallest absolute Gasteiger partial charge is 0.0218 e. The third kappa shape index (κ3) is 4.98. The highest BCUT2D eigenvalue weighted by Gasteiger charge is 2.27. The highest BCUT2D eigenvalue weighted by molar-refractivity contribution is 4.82. The van der Waals surface area contributed by atoms with E-state index in [2.05, 4.69) is 46.6 Å². The van der Waals surface area contributed by atoms with Gasteiger partial charge in [-0.25, -0.2) is 0 Å². The molecule has 0 rings (SSSR count). The van der Waals surface area contributed by atoms with Gasteiger partial charge in [-0.15, -0.1) is 0 Å². The Morgan fingerprint density at radius 3 is 2.13 bits per heavy atom. The van der Waals surface area contributed by atoms with E-state index in [0.29, 0.717) is 17.5 Å². The fourth-order valence-electron chi connectivity index (χ4n) is 1.85. The Kier molecular flexibility index (Phi) is 6.46. The summed E-state index contributed by atoms with van der Waals surface area (Å²) < 4.78 is 0. The lowest BCUT2D eigenvalue weighted by atomic mass is 9.86. The van der Waals surface area contributed by atoms with Crippen molar-refractivity contribution in [1.82, 2.24) is 4.90 Å². The van der Waals surface area contributed by atoms with Gasteiger partial charge in [0.05, 0.1) is 0 Å². The molecule has 0 saturated heterocycles. The number of hydrogen-bond acceptors (Lipinski definition) is 2. The maximum atomic E-state index is 5.85. The second-order valence-electron chi connectivity index (χ2n) is 5.74. The Bertz CT molecular complexity index is 160. The van der Waals surface area contributed by atoms with Gasteiger partial charge in [-0.1, -0.05) is 40.5 Å². The van der Waals surface area contributed by atoms with E-state index in [1.165, 1.54) is 19.3 Å². The molecule has 0 aromatic carbocycles. The van der Waals surface area contributed by atoms with E-state index < -0.39 is 0 Å². The van der Waals surface area contributed by atoms with Crippen LogP contribution in [0.5, 0.6) is 0 Å². The first-order valence-electron chi connectivity index (χ1n) is 6.26. The third-order valence-electron chi connectivity index (χ3n) is 3.60. The van der Waals surface area contributed by atoms with Crippen LogP contribution in [0.25, 0.3) is 0 Å². The molecule has 0 fully saturated rings. The summed E-state index contributed by atoms with van der Waals surface area (Å²) in [5.74, 6) is 0. The van der Waals surface area contributed by atoms with Crippen molar-refractivity contribution in [2.75, 3.05) is 13.6 Å². The van der Waals surface area contributed by atoms with E-state index >= 15 is 0 Å². The molecular formula is C13H30N2. The van der Waals surface area contributed by atoms with Crippen molar-refractivity contribution in [3.63, 3.8) is 0 Å². The van der Waals surface area contributed by atoms with Crippen molar-refractivity contribution >= 4 is 0 Å². The van der Waals surface area contributed by atoms with E-state index in [1.54, 1.807) is 0 Å². The van der Waals surface area contributed by atoms with E-state index in [-0.39, 0.29) is 0 Å². The fraction of sp³-hybridized carbons (Fsp3) is 1.00. The molecule has 0 saturated carbocycles. The Labute approximate surface area is 96.2 Å². The Morgan fingerprint density at radius 2 is 1.80 bits per heavy atom. The molecule has 2 nitrogen and oxygen atoms in total. The van der Waals surface area contributed by atoms with Crippen molar-refractivity contribution in [3.05, 3.63) is 0 Å². The van der Waals surface area contributed by atoms with Crippen LogP contribution in [0.4, 0.5) is 0 Å². The summed E-state index contributed by atoms with van der Waals surface area (Å²) in [4.78, 5) is 2.45. The van der Waals surface area contributed by atoms with Crippen molar-refractivity contribution in [2.24, 2.45) is 11.1 Å². The third-order valence-corrected chi connectivity index (χ3v) is 3.60. The van der Waals surface area contributed by atoms with Gasteiger partial charge in [0.25, 0.3) is 0 Å². The van der Waals surface area contributed by atoms with E-state index in [4.69, 9.17) is 5.73 Å². The maximum absolute atomic E-state index is 5.85. The average Bonchev–Trinajstić information content (AvgIpc) is 2.16. The fourth-order valence-corrected chi connectivity index (χ4v) is 1.85. The summed E-state index contributed by atoms with van der Waals surface area (Å²) in [7, 11) is 2.21. The highest BCUT2D eigenvalue weighted by Crippen LogP contribution is 2.25. The summed E-state index contributed by atoms with van der Waals surface area (Å²) in [6.45, 7) is 12.2. The Hall–Kier alpha value is -0.0800. The molecule has 0 aliphatic heterocycles. The zero-order chi connectivity index (χ0) is 12.1. The molecule has 0 radical (unpaired) electrons. The molecule has 0 bridgehead atoms. The van der Waals surface area contributed by atoms with Crippen LogP contribution < -0.4 is 5.73 Å². The van der Waals surface area contributed by atoms with Gasteiger partial charge in [0.1, 0.15) is 0 Å². The molecule has 0 amide bonds. The molecule has 2 unspecified atom stereocenters. The molecule has 0 spiro atoms. The molecule has 2 N–H and O–H groups in total. The minimum Gasteiger partial charge on any atom is -0.329 e. The van der Waals surface area contributed by atoms with E-state index in [0.717, 1.165) is 6.54 Å². The number of rotatable bonds is 6. The van der Waals surface area contributed by atoms with Crippen LogP contribution >= 0.6 is 0 Å². The van der Waals surface area contributed by atoms with Crippen LogP contribution in [-0.2, 0) is 0 Å². The molecule has 2 atom stereocenters. The number of nitrogens with two attached hydrogens (primary N) is 1. The molecule has 0 aliphatic carbocycles. The summed E-state index contributed by atoms with van der Waals surface area (Å²) in [6, 6.07) is 1.11. The SMILES string of the molecule is CCCCC(CN)N(C)C(C)C(C)(C)C. The quantitative estimate of drug-likeness (QED) is 0.736. The molecule has 2 heteroatoms. The van der Waals surface area contributed by atoms with E-state index in [1.807, 2.05) is 0 Å². The van der Waals surface area contributed by atoms with Crippen molar-refractivity contribution in [3.8, 4) is 0 Å². The standard InChI is InChI=1S/C13H30N2/c1-7-8-9-12(10-14)15(6)11(2)13(3,4)5/h11-12H,7-10,14H2,1-6H3. The van der Waals surface area contributed by atoms with Gasteiger partial charge in [-0.05, 0) is 25.8 Å². The molecular weight excluding hydrogens is 184 g/mol. The molecule has 0 aromatic rings. The summed E-state index contributed by atoms with van der Waals surface area (Å²) in [6.07, 6.45) is 3.77. The molecule has 0 aromatic heterocycles. The zero-order valence-corrected chi connectivity index (χ0v) is 11.5. The van der Waals surface area contributed by atoms with Gasteiger partial charge in [0.15, 0.2) is 0 Å². The van der Waals surface area contributed by atoms with Gasteiger partial charge in [0, 0.05) is 18.6 Å². The van der Waals surface area contributed by atoms with Crippen molar-refractivity contribution in [2.45, 2.75) is 66.0 Å². The minimum absolute atomic E-state index is 0.328. The van der Waals surface area contributed by atoms with Crippen LogP contribution in [0.3, 0.4) is 0 Å². The van der Waals surface area contributed by atoms with Gasteiger partial charge in [-0.3, -0.25) is 4.90 Å². The van der Waals surface area contributed by atoms with Crippen molar-refractivity contribution in [1.29, 1.82) is 0 Å². The Morgan fingerprint density at radius 1 is 1.27 bits per heavy atom. The van der Waals surface area contributed by atoms with Crippen LogP contribution in [0.1, 0.15) is 53.9 Å². The van der Waals surface area contributed by atoms with Crippen LogP contribution in [0.2, 0.25) is 0 Å². The topological polar surface area (TPSA) is 29.3 Å². The minimum atomic E-state index is 0.328. The number of nitrogens with zero attached hydrogens (tertiary/aromatic N) is 1. The summed E-state index contributed by atoms with van der Waals surface area (Å²) in [5, 5.41) is 0. The van der Waals surface area contributed by atoms with Crippen LogP contribution in [-0.4, -0.2) is 30.6 Å². The number of hydrogen-bond donors (Lipinski definition) is 1. The second kappa shape index (κ2) is 6.49. The van der Waals surface area contributed by atoms with Gasteiger partial charge in [0.2, 0.25) is 0 Å². The monoisotopic (exact) mass is 214 g/mol. The van der Waals surface area contributed by atoms with Gasteiger partial charge < -0.3 is 5.73 Å². The lowest BCUT2D eigenvalue weighted by molar-refractivity contribution is 0.0948. The van der Waals surface area contributed by atoms with Gasteiger partial charge >= 0.3 is 0 Å². The molecule has 0 aliphatic rings. The van der Waals surface area contributed by atoms with E-state index in [9.17, 15) is 0 Å². The lowest BCUT2D eigenvalue weighted by Crippen LogP contribution is -2.48. The normalized spacial score (nSPS) is 16.8. The highest BCUT2D eigenvalue weighted by atomic mass is 15.2. The largest absolute Gasteiger partial charge is 0.329 e.